The van der Waals surface area contributed by atoms with Crippen LogP contribution in [0, 0.1) is 5.92 Å². The molecule has 2 atom stereocenters. The van der Waals surface area contributed by atoms with Crippen LogP contribution in [0.4, 0.5) is 9.59 Å². The van der Waals surface area contributed by atoms with E-state index >= 15 is 0 Å². The van der Waals surface area contributed by atoms with Crippen molar-refractivity contribution in [3.05, 3.63) is 23.8 Å². The van der Waals surface area contributed by atoms with Gasteiger partial charge in [-0.3, -0.25) is 4.90 Å². The average molecular weight is 364 g/mol. The second kappa shape index (κ2) is 8.38. The average Bonchev–Trinajstić information content (AvgIpc) is 2.57. The van der Waals surface area contributed by atoms with E-state index < -0.39 is 23.8 Å². The van der Waals surface area contributed by atoms with Crippen molar-refractivity contribution in [1.29, 1.82) is 0 Å². The molecule has 26 heavy (non-hydrogen) atoms. The molecule has 0 radical (unpaired) electrons. The van der Waals surface area contributed by atoms with E-state index in [1.165, 1.54) is 9.80 Å². The second-order valence-corrected chi connectivity index (χ2v) is 7.77. The lowest BCUT2D eigenvalue weighted by molar-refractivity contribution is -0.113. The van der Waals surface area contributed by atoms with Crippen molar-refractivity contribution < 1.29 is 23.9 Å². The van der Waals surface area contributed by atoms with Crippen LogP contribution in [0.25, 0.3) is 0 Å². The fourth-order valence-corrected chi connectivity index (χ4v) is 2.92. The SMILES string of the molecule is CC1C=CC=C(COC(=O)N2CCN(C(=O)OC(C)(C)C)C[C@@H]2C=O)C1. The van der Waals surface area contributed by atoms with Crippen molar-refractivity contribution in [3.63, 3.8) is 0 Å². The van der Waals surface area contributed by atoms with Crippen molar-refractivity contribution in [1.82, 2.24) is 9.80 Å². The first-order valence-corrected chi connectivity index (χ1v) is 8.92. The van der Waals surface area contributed by atoms with Gasteiger partial charge in [-0.15, -0.1) is 0 Å². The number of allylic oxidation sites excluding steroid dienone is 3. The summed E-state index contributed by atoms with van der Waals surface area (Å²) >= 11 is 0. The van der Waals surface area contributed by atoms with Crippen LogP contribution in [0.5, 0.6) is 0 Å². The van der Waals surface area contributed by atoms with Crippen LogP contribution < -0.4 is 0 Å². The Morgan fingerprint density at radius 3 is 2.62 bits per heavy atom. The van der Waals surface area contributed by atoms with Gasteiger partial charge in [0, 0.05) is 13.1 Å². The summed E-state index contributed by atoms with van der Waals surface area (Å²) in [6.45, 7) is 8.31. The lowest BCUT2D eigenvalue weighted by Crippen LogP contribution is -2.57. The highest BCUT2D eigenvalue weighted by Gasteiger charge is 2.35. The zero-order valence-corrected chi connectivity index (χ0v) is 15.9. The van der Waals surface area contributed by atoms with Gasteiger partial charge in [0.15, 0.2) is 0 Å². The maximum absolute atomic E-state index is 12.4. The van der Waals surface area contributed by atoms with Crippen LogP contribution in [-0.4, -0.2) is 66.2 Å². The number of hydrogen-bond acceptors (Lipinski definition) is 5. The van der Waals surface area contributed by atoms with E-state index in [4.69, 9.17) is 9.47 Å². The fraction of sp³-hybridized carbons (Fsp3) is 0.632. The summed E-state index contributed by atoms with van der Waals surface area (Å²) in [5, 5.41) is 0. The minimum absolute atomic E-state index is 0.107. The molecular formula is C19H28N2O5. The zero-order chi connectivity index (χ0) is 19.3. The number of carbonyl (C=O) groups is 3. The summed E-state index contributed by atoms with van der Waals surface area (Å²) in [5.41, 5.74) is 0.437. The van der Waals surface area contributed by atoms with Gasteiger partial charge in [-0.1, -0.05) is 25.2 Å². The predicted octanol–water partition coefficient (Wildman–Crippen LogP) is 2.77. The number of carbonyl (C=O) groups excluding carboxylic acids is 3. The van der Waals surface area contributed by atoms with E-state index in [0.717, 1.165) is 12.0 Å². The standard InChI is InChI=1S/C19H28N2O5/c1-14-6-5-7-15(10-14)13-25-18(24)21-9-8-20(11-16(21)12-22)17(23)26-19(2,3)4/h5-7,12,14,16H,8-11,13H2,1-4H3/t14?,16-/m1/s1. The Morgan fingerprint density at radius 1 is 1.27 bits per heavy atom. The molecule has 0 aromatic heterocycles. The minimum Gasteiger partial charge on any atom is -0.445 e. The smallest absolute Gasteiger partial charge is 0.410 e. The van der Waals surface area contributed by atoms with Crippen LogP contribution in [0.2, 0.25) is 0 Å². The molecule has 1 unspecified atom stereocenters. The first kappa shape index (κ1) is 20.0. The summed E-state index contributed by atoms with van der Waals surface area (Å²) in [7, 11) is 0. The number of hydrogen-bond donors (Lipinski definition) is 0. The van der Waals surface area contributed by atoms with Gasteiger partial charge in [-0.2, -0.15) is 0 Å². The molecule has 7 nitrogen and oxygen atoms in total. The molecule has 0 spiro atoms. The van der Waals surface area contributed by atoms with Crippen molar-refractivity contribution in [2.75, 3.05) is 26.2 Å². The Labute approximate surface area is 154 Å². The number of ether oxygens (including phenoxy) is 2. The Hall–Kier alpha value is -2.31. The Balaban J connectivity index is 1.89. The number of amides is 2. The van der Waals surface area contributed by atoms with E-state index in [-0.39, 0.29) is 19.7 Å². The molecule has 7 heteroatoms. The van der Waals surface area contributed by atoms with E-state index in [9.17, 15) is 14.4 Å². The van der Waals surface area contributed by atoms with Crippen LogP contribution in [0.3, 0.4) is 0 Å². The minimum atomic E-state index is -0.733. The number of aldehydes is 1. The lowest BCUT2D eigenvalue weighted by atomic mass is 9.97. The number of piperazine rings is 1. The molecule has 1 saturated heterocycles. The summed E-state index contributed by atoms with van der Waals surface area (Å²) in [6, 6.07) is -0.733. The van der Waals surface area contributed by atoms with Crippen molar-refractivity contribution in [3.8, 4) is 0 Å². The molecule has 2 aliphatic rings. The summed E-state index contributed by atoms with van der Waals surface area (Å²) < 4.78 is 10.7. The maximum atomic E-state index is 12.4. The molecular weight excluding hydrogens is 336 g/mol. The number of nitrogens with zero attached hydrogens (tertiary/aromatic N) is 2. The Kier molecular flexibility index (Phi) is 6.45. The topological polar surface area (TPSA) is 76.2 Å². The molecule has 1 aliphatic heterocycles. The number of rotatable bonds is 3. The van der Waals surface area contributed by atoms with E-state index in [1.54, 1.807) is 20.8 Å². The zero-order valence-electron chi connectivity index (χ0n) is 15.9. The van der Waals surface area contributed by atoms with E-state index in [0.29, 0.717) is 18.7 Å². The molecule has 0 aromatic rings. The third kappa shape index (κ3) is 5.61. The highest BCUT2D eigenvalue weighted by molar-refractivity contribution is 5.76. The largest absolute Gasteiger partial charge is 0.445 e. The monoisotopic (exact) mass is 364 g/mol. The van der Waals surface area contributed by atoms with Gasteiger partial charge in [0.05, 0.1) is 6.54 Å². The normalized spacial score (nSPS) is 23.3. The molecule has 0 bridgehead atoms. The van der Waals surface area contributed by atoms with Crippen LogP contribution in [-0.2, 0) is 14.3 Å². The van der Waals surface area contributed by atoms with Gasteiger partial charge in [-0.05, 0) is 38.7 Å². The molecule has 144 valence electrons. The van der Waals surface area contributed by atoms with Gasteiger partial charge < -0.3 is 19.2 Å². The van der Waals surface area contributed by atoms with E-state index in [1.807, 2.05) is 12.2 Å². The van der Waals surface area contributed by atoms with Crippen molar-refractivity contribution in [2.45, 2.75) is 45.8 Å². The molecule has 1 heterocycles. The third-order valence-electron chi connectivity index (χ3n) is 4.20. The molecule has 1 aliphatic carbocycles. The highest BCUT2D eigenvalue weighted by Crippen LogP contribution is 2.19. The van der Waals surface area contributed by atoms with E-state index in [2.05, 4.69) is 13.0 Å². The molecule has 0 saturated carbocycles. The summed E-state index contributed by atoms with van der Waals surface area (Å²) in [6.07, 6.45) is 6.52. The van der Waals surface area contributed by atoms with Crippen molar-refractivity contribution in [2.24, 2.45) is 5.92 Å². The van der Waals surface area contributed by atoms with Gasteiger partial charge in [0.1, 0.15) is 24.5 Å². The Morgan fingerprint density at radius 2 is 2.00 bits per heavy atom. The van der Waals surface area contributed by atoms with Crippen LogP contribution in [0.15, 0.2) is 23.8 Å². The summed E-state index contributed by atoms with van der Waals surface area (Å²) in [4.78, 5) is 38.8. The molecule has 0 aromatic carbocycles. The summed E-state index contributed by atoms with van der Waals surface area (Å²) in [5.74, 6) is 0.425. The Bertz CT molecular complexity index is 606. The van der Waals surface area contributed by atoms with Crippen LogP contribution >= 0.6 is 0 Å². The van der Waals surface area contributed by atoms with Gasteiger partial charge >= 0.3 is 12.2 Å². The lowest BCUT2D eigenvalue weighted by Gasteiger charge is -2.38. The van der Waals surface area contributed by atoms with Gasteiger partial charge in [-0.25, -0.2) is 9.59 Å². The first-order chi connectivity index (χ1) is 12.2. The molecule has 1 fully saturated rings. The molecule has 0 N–H and O–H groups in total. The molecule has 2 rings (SSSR count). The maximum Gasteiger partial charge on any atom is 0.410 e. The highest BCUT2D eigenvalue weighted by atomic mass is 16.6. The second-order valence-electron chi connectivity index (χ2n) is 7.77. The predicted molar refractivity (Wildman–Crippen MR) is 96.7 cm³/mol. The molecule has 2 amide bonds. The third-order valence-corrected chi connectivity index (χ3v) is 4.20. The first-order valence-electron chi connectivity index (χ1n) is 8.92. The van der Waals surface area contributed by atoms with Crippen LogP contribution in [0.1, 0.15) is 34.1 Å². The quantitative estimate of drug-likeness (QED) is 0.720. The van der Waals surface area contributed by atoms with Crippen molar-refractivity contribution >= 4 is 18.5 Å². The van der Waals surface area contributed by atoms with Gasteiger partial charge in [0.2, 0.25) is 0 Å². The van der Waals surface area contributed by atoms with Gasteiger partial charge in [0.25, 0.3) is 0 Å². The fourth-order valence-electron chi connectivity index (χ4n) is 2.92.